The van der Waals surface area contributed by atoms with Crippen molar-refractivity contribution < 1.29 is 14.4 Å². The molecule has 116 valence electrons. The molecule has 0 spiro atoms. The summed E-state index contributed by atoms with van der Waals surface area (Å²) in [4.78, 5) is 39.6. The topological polar surface area (TPSA) is 57.7 Å². The highest BCUT2D eigenvalue weighted by Gasteiger charge is 2.38. The van der Waals surface area contributed by atoms with E-state index in [1.54, 1.807) is 4.90 Å². The molecule has 0 unspecified atom stereocenters. The fourth-order valence-electron chi connectivity index (χ4n) is 2.81. The summed E-state index contributed by atoms with van der Waals surface area (Å²) in [5.74, 6) is -1.20. The lowest BCUT2D eigenvalue weighted by molar-refractivity contribution is -0.132. The third kappa shape index (κ3) is 2.59. The molecule has 3 rings (SSSR count). The minimum absolute atomic E-state index is 0.200. The molecule has 0 N–H and O–H groups in total. The second-order valence-corrected chi connectivity index (χ2v) is 6.26. The Morgan fingerprint density at radius 3 is 1.95 bits per heavy atom. The van der Waals surface area contributed by atoms with Crippen molar-refractivity contribution in [1.29, 1.82) is 0 Å². The highest BCUT2D eigenvalue weighted by Crippen LogP contribution is 2.31. The van der Waals surface area contributed by atoms with Crippen molar-refractivity contribution >= 4 is 40.9 Å². The van der Waals surface area contributed by atoms with Crippen molar-refractivity contribution in [3.05, 3.63) is 33.3 Å². The molecule has 1 saturated heterocycles. The lowest BCUT2D eigenvalue weighted by Crippen LogP contribution is -2.44. The molecule has 0 aliphatic carbocycles. The average molecular weight is 341 g/mol. The predicted octanol–water partition coefficient (Wildman–Crippen LogP) is 2.60. The second kappa shape index (κ2) is 5.89. The smallest absolute Gasteiger partial charge is 0.262 e. The normalized spacial score (nSPS) is 17.9. The first kappa shape index (κ1) is 15.3. The highest BCUT2D eigenvalue weighted by molar-refractivity contribution is 6.43. The molecular weight excluding hydrogens is 327 g/mol. The summed E-state index contributed by atoms with van der Waals surface area (Å²) in [6, 6.07) is 2.76. The SMILES string of the molecule is O=C(CN1C(=O)c2cc(Cl)c(Cl)cc2C1=O)N1CCCCC1. The van der Waals surface area contributed by atoms with Gasteiger partial charge in [0, 0.05) is 13.1 Å². The zero-order chi connectivity index (χ0) is 15.9. The number of piperidine rings is 1. The number of hydrogen-bond acceptors (Lipinski definition) is 3. The van der Waals surface area contributed by atoms with Crippen LogP contribution in [0.4, 0.5) is 0 Å². The Morgan fingerprint density at radius 2 is 1.45 bits per heavy atom. The number of halogens is 2. The van der Waals surface area contributed by atoms with Crippen LogP contribution >= 0.6 is 23.2 Å². The van der Waals surface area contributed by atoms with Crippen LogP contribution in [0.2, 0.25) is 10.0 Å². The molecule has 0 radical (unpaired) electrons. The molecule has 5 nitrogen and oxygen atoms in total. The van der Waals surface area contributed by atoms with Gasteiger partial charge in [-0.25, -0.2) is 0 Å². The molecule has 1 fully saturated rings. The summed E-state index contributed by atoms with van der Waals surface area (Å²) < 4.78 is 0. The molecular formula is C15H14Cl2N2O3. The number of rotatable bonds is 2. The molecule has 3 amide bonds. The number of likely N-dealkylation sites (tertiary alicyclic amines) is 1. The van der Waals surface area contributed by atoms with Crippen molar-refractivity contribution in [2.45, 2.75) is 19.3 Å². The number of carbonyl (C=O) groups is 3. The van der Waals surface area contributed by atoms with Crippen LogP contribution in [0, 0.1) is 0 Å². The number of amides is 3. The Labute approximate surface area is 137 Å². The Bertz CT molecular complexity index is 628. The van der Waals surface area contributed by atoms with Crippen LogP contribution in [-0.2, 0) is 4.79 Å². The first-order valence-electron chi connectivity index (χ1n) is 7.12. The van der Waals surface area contributed by atoms with E-state index < -0.39 is 11.8 Å². The largest absolute Gasteiger partial charge is 0.341 e. The van der Waals surface area contributed by atoms with Gasteiger partial charge in [0.05, 0.1) is 21.2 Å². The van der Waals surface area contributed by atoms with Crippen LogP contribution in [0.15, 0.2) is 12.1 Å². The van der Waals surface area contributed by atoms with Crippen LogP contribution in [-0.4, -0.2) is 47.2 Å². The van der Waals surface area contributed by atoms with E-state index in [1.807, 2.05) is 0 Å². The van der Waals surface area contributed by atoms with E-state index in [0.717, 1.165) is 24.2 Å². The molecule has 7 heteroatoms. The number of fused-ring (bicyclic) bond motifs is 1. The lowest BCUT2D eigenvalue weighted by atomic mass is 10.1. The number of imide groups is 1. The zero-order valence-electron chi connectivity index (χ0n) is 11.8. The van der Waals surface area contributed by atoms with Crippen LogP contribution < -0.4 is 0 Å². The van der Waals surface area contributed by atoms with E-state index in [4.69, 9.17) is 23.2 Å². The summed E-state index contributed by atoms with van der Waals surface area (Å²) in [5, 5.41) is 0.427. The van der Waals surface area contributed by atoms with Crippen molar-refractivity contribution in [3.63, 3.8) is 0 Å². The van der Waals surface area contributed by atoms with Gasteiger partial charge in [0.15, 0.2) is 0 Å². The third-order valence-electron chi connectivity index (χ3n) is 4.01. The predicted molar refractivity (Wildman–Crippen MR) is 82.3 cm³/mol. The van der Waals surface area contributed by atoms with Gasteiger partial charge in [0.1, 0.15) is 6.54 Å². The van der Waals surface area contributed by atoms with Gasteiger partial charge >= 0.3 is 0 Å². The maximum atomic E-state index is 12.3. The van der Waals surface area contributed by atoms with E-state index in [9.17, 15) is 14.4 Å². The minimum Gasteiger partial charge on any atom is -0.341 e. The van der Waals surface area contributed by atoms with Gasteiger partial charge in [0.2, 0.25) is 5.91 Å². The number of benzene rings is 1. The molecule has 0 saturated carbocycles. The molecule has 2 aliphatic rings. The standard InChI is InChI=1S/C15H14Cl2N2O3/c16-11-6-9-10(7-12(11)17)15(22)19(14(9)21)8-13(20)18-4-2-1-3-5-18/h6-7H,1-5,8H2. The fourth-order valence-corrected chi connectivity index (χ4v) is 3.13. The van der Waals surface area contributed by atoms with Crippen molar-refractivity contribution in [2.24, 2.45) is 0 Å². The van der Waals surface area contributed by atoms with Crippen molar-refractivity contribution in [3.8, 4) is 0 Å². The number of hydrogen-bond donors (Lipinski definition) is 0. The molecule has 22 heavy (non-hydrogen) atoms. The Hall–Kier alpha value is -1.59. The molecule has 0 bridgehead atoms. The second-order valence-electron chi connectivity index (χ2n) is 5.45. The number of carbonyl (C=O) groups excluding carboxylic acids is 3. The van der Waals surface area contributed by atoms with Crippen LogP contribution in [0.3, 0.4) is 0 Å². The molecule has 2 aliphatic heterocycles. The maximum absolute atomic E-state index is 12.3. The number of nitrogens with zero attached hydrogens (tertiary/aromatic N) is 2. The molecule has 0 aromatic heterocycles. The van der Waals surface area contributed by atoms with Gasteiger partial charge in [-0.05, 0) is 31.4 Å². The lowest BCUT2D eigenvalue weighted by Gasteiger charge is -2.28. The zero-order valence-corrected chi connectivity index (χ0v) is 13.3. The van der Waals surface area contributed by atoms with E-state index in [-0.39, 0.29) is 33.6 Å². The van der Waals surface area contributed by atoms with E-state index in [1.165, 1.54) is 12.1 Å². The third-order valence-corrected chi connectivity index (χ3v) is 4.74. The van der Waals surface area contributed by atoms with Gasteiger partial charge in [-0.2, -0.15) is 0 Å². The minimum atomic E-state index is -0.496. The fraction of sp³-hybridized carbons (Fsp3) is 0.400. The van der Waals surface area contributed by atoms with Crippen LogP contribution in [0.25, 0.3) is 0 Å². The van der Waals surface area contributed by atoms with E-state index in [0.29, 0.717) is 13.1 Å². The summed E-state index contributed by atoms with van der Waals surface area (Å²) in [5.41, 5.74) is 0.400. The summed E-state index contributed by atoms with van der Waals surface area (Å²) in [6.07, 6.45) is 3.02. The Morgan fingerprint density at radius 1 is 0.955 bits per heavy atom. The van der Waals surface area contributed by atoms with Gasteiger partial charge in [0.25, 0.3) is 11.8 Å². The van der Waals surface area contributed by atoms with Crippen LogP contribution in [0.1, 0.15) is 40.0 Å². The molecule has 0 atom stereocenters. The average Bonchev–Trinajstić information content (AvgIpc) is 2.74. The Balaban J connectivity index is 1.80. The summed E-state index contributed by atoms with van der Waals surface area (Å²) in [6.45, 7) is 1.13. The van der Waals surface area contributed by atoms with E-state index in [2.05, 4.69) is 0 Å². The quantitative estimate of drug-likeness (QED) is 0.777. The Kier molecular flexibility index (Phi) is 4.10. The monoisotopic (exact) mass is 340 g/mol. The van der Waals surface area contributed by atoms with Crippen LogP contribution in [0.5, 0.6) is 0 Å². The summed E-state index contributed by atoms with van der Waals surface area (Å²) in [7, 11) is 0. The first-order valence-corrected chi connectivity index (χ1v) is 7.87. The molecule has 1 aromatic rings. The first-order chi connectivity index (χ1) is 10.5. The highest BCUT2D eigenvalue weighted by atomic mass is 35.5. The van der Waals surface area contributed by atoms with Gasteiger partial charge < -0.3 is 4.90 Å². The van der Waals surface area contributed by atoms with Gasteiger partial charge in [-0.15, -0.1) is 0 Å². The van der Waals surface area contributed by atoms with Gasteiger partial charge in [-0.3, -0.25) is 19.3 Å². The molecule has 1 aromatic carbocycles. The van der Waals surface area contributed by atoms with E-state index >= 15 is 0 Å². The van der Waals surface area contributed by atoms with Crippen molar-refractivity contribution in [1.82, 2.24) is 9.80 Å². The maximum Gasteiger partial charge on any atom is 0.262 e. The summed E-state index contributed by atoms with van der Waals surface area (Å²) >= 11 is 11.8. The molecule has 2 heterocycles. The van der Waals surface area contributed by atoms with Gasteiger partial charge in [-0.1, -0.05) is 23.2 Å². The van der Waals surface area contributed by atoms with Crippen molar-refractivity contribution in [2.75, 3.05) is 19.6 Å².